The molecule has 1 aromatic carbocycles. The van der Waals surface area contributed by atoms with Crippen LogP contribution in [-0.4, -0.2) is 37.2 Å². The number of fused-ring (bicyclic) bond motifs is 1. The van der Waals surface area contributed by atoms with Crippen molar-refractivity contribution in [3.05, 3.63) is 48.7 Å². The van der Waals surface area contributed by atoms with Gasteiger partial charge >= 0.3 is 6.09 Å². The van der Waals surface area contributed by atoms with E-state index in [1.807, 2.05) is 26.8 Å². The molecule has 1 N–H and O–H groups in total. The summed E-state index contributed by atoms with van der Waals surface area (Å²) in [6.45, 7) is 25.5. The third kappa shape index (κ3) is 6.97. The predicted octanol–water partition coefficient (Wildman–Crippen LogP) is 7.02. The molecule has 6 heteroatoms. The average Bonchev–Trinajstić information content (AvgIpc) is 3.03. The number of para-hydroxylation sites is 1. The zero-order valence-electron chi connectivity index (χ0n) is 22.3. The van der Waals surface area contributed by atoms with Crippen molar-refractivity contribution in [3.63, 3.8) is 0 Å². The summed E-state index contributed by atoms with van der Waals surface area (Å²) in [5.74, 6) is 0. The number of alkyl carbamates (subject to hydrolysis) is 1. The van der Waals surface area contributed by atoms with Gasteiger partial charge in [0.15, 0.2) is 8.32 Å². The van der Waals surface area contributed by atoms with Gasteiger partial charge in [-0.15, -0.1) is 6.58 Å². The number of nitrogens with zero attached hydrogens (tertiary/aromatic N) is 1. The Morgan fingerprint density at radius 1 is 1.12 bits per heavy atom. The van der Waals surface area contributed by atoms with Crippen LogP contribution in [-0.2, 0) is 21.1 Å². The Bertz CT molecular complexity index is 977. The van der Waals surface area contributed by atoms with E-state index in [2.05, 4.69) is 94.6 Å². The highest BCUT2D eigenvalue weighted by Gasteiger charge is 2.38. The first-order chi connectivity index (χ1) is 15.0. The minimum Gasteiger partial charge on any atom is -0.444 e. The van der Waals surface area contributed by atoms with E-state index in [-0.39, 0.29) is 16.6 Å². The molecule has 0 spiro atoms. The molecule has 0 bridgehead atoms. The molecule has 0 aliphatic rings. The molecule has 0 saturated carbocycles. The number of amides is 1. The first-order valence-electron chi connectivity index (χ1n) is 11.8. The molecule has 2 rings (SSSR count). The molecule has 2 aromatic rings. The number of carbonyl (C=O) groups is 1. The van der Waals surface area contributed by atoms with Crippen molar-refractivity contribution >= 4 is 25.3 Å². The van der Waals surface area contributed by atoms with Crippen LogP contribution < -0.4 is 5.32 Å². The fraction of sp³-hybridized carbons (Fsp3) is 0.593. The summed E-state index contributed by atoms with van der Waals surface area (Å²) in [7, 11) is -1.98. The maximum Gasteiger partial charge on any atom is 0.407 e. The first kappa shape index (κ1) is 27.2. The molecule has 1 atom stereocenters. The lowest BCUT2D eigenvalue weighted by Gasteiger charge is -2.37. The number of benzene rings is 1. The van der Waals surface area contributed by atoms with Gasteiger partial charge in [-0.3, -0.25) is 0 Å². The van der Waals surface area contributed by atoms with Crippen molar-refractivity contribution in [1.82, 2.24) is 9.88 Å². The Morgan fingerprint density at radius 2 is 1.73 bits per heavy atom. The van der Waals surface area contributed by atoms with E-state index in [1.165, 1.54) is 10.9 Å². The molecule has 0 aliphatic heterocycles. The molecule has 0 saturated heterocycles. The van der Waals surface area contributed by atoms with E-state index in [1.54, 1.807) is 0 Å². The number of hydrogen-bond donors (Lipinski definition) is 1. The Labute approximate surface area is 201 Å². The number of aromatic nitrogens is 1. The summed E-state index contributed by atoms with van der Waals surface area (Å²) >= 11 is 0. The number of rotatable bonds is 8. The van der Waals surface area contributed by atoms with Crippen LogP contribution in [0.1, 0.15) is 61.0 Å². The molecule has 33 heavy (non-hydrogen) atoms. The van der Waals surface area contributed by atoms with E-state index in [4.69, 9.17) is 9.16 Å². The van der Waals surface area contributed by atoms with Crippen LogP contribution in [0.15, 0.2) is 43.1 Å². The highest BCUT2D eigenvalue weighted by Crippen LogP contribution is 2.37. The number of nitrogens with one attached hydrogen (secondary N) is 1. The molecular weight excluding hydrogens is 428 g/mol. The number of allylic oxidation sites excluding steroid dienone is 1. The van der Waals surface area contributed by atoms with Crippen LogP contribution in [0.4, 0.5) is 4.79 Å². The Balaban J connectivity index is 2.38. The molecule has 0 fully saturated rings. The molecule has 0 radical (unpaired) electrons. The van der Waals surface area contributed by atoms with E-state index in [0.717, 1.165) is 5.52 Å². The maximum absolute atomic E-state index is 12.7. The minimum atomic E-state index is -1.98. The van der Waals surface area contributed by atoms with Gasteiger partial charge < -0.3 is 19.0 Å². The number of hydrogen-bond acceptors (Lipinski definition) is 3. The second-order valence-electron chi connectivity index (χ2n) is 12.0. The van der Waals surface area contributed by atoms with E-state index in [0.29, 0.717) is 13.0 Å². The van der Waals surface area contributed by atoms with Crippen LogP contribution in [0, 0.1) is 0 Å². The smallest absolute Gasteiger partial charge is 0.407 e. The Hall–Kier alpha value is -2.05. The molecule has 0 aliphatic carbocycles. The van der Waals surface area contributed by atoms with Crippen LogP contribution in [0.25, 0.3) is 10.9 Å². The fourth-order valence-electron chi connectivity index (χ4n) is 3.40. The van der Waals surface area contributed by atoms with Crippen LogP contribution in [0.3, 0.4) is 0 Å². The van der Waals surface area contributed by atoms with E-state index < -0.39 is 20.0 Å². The third-order valence-electron chi connectivity index (χ3n) is 6.55. The van der Waals surface area contributed by atoms with Gasteiger partial charge in [0.25, 0.3) is 0 Å². The lowest BCUT2D eigenvalue weighted by molar-refractivity contribution is 0.0485. The molecule has 184 valence electrons. The average molecular weight is 473 g/mol. The Kier molecular flexibility index (Phi) is 7.97. The summed E-state index contributed by atoms with van der Waals surface area (Å²) < 4.78 is 14.3. The first-order valence-corrected chi connectivity index (χ1v) is 14.7. The van der Waals surface area contributed by atoms with Crippen LogP contribution in [0.2, 0.25) is 18.1 Å². The summed E-state index contributed by atoms with van der Waals surface area (Å²) in [5, 5.41) is 4.35. The summed E-state index contributed by atoms with van der Waals surface area (Å²) in [6.07, 6.45) is 4.37. The van der Waals surface area contributed by atoms with E-state index >= 15 is 0 Å². The summed E-state index contributed by atoms with van der Waals surface area (Å²) in [4.78, 5) is 12.7. The number of carbonyl (C=O) groups excluding carboxylic acids is 1. The molecule has 1 amide bonds. The van der Waals surface area contributed by atoms with Crippen molar-refractivity contribution < 1.29 is 14.0 Å². The predicted molar refractivity (Wildman–Crippen MR) is 141 cm³/mol. The molecule has 1 heterocycles. The largest absolute Gasteiger partial charge is 0.444 e. The topological polar surface area (TPSA) is 52.5 Å². The molecule has 0 unspecified atom stereocenters. The van der Waals surface area contributed by atoms with Gasteiger partial charge in [0, 0.05) is 17.1 Å². The van der Waals surface area contributed by atoms with Gasteiger partial charge in [-0.05, 0) is 70.8 Å². The highest BCUT2D eigenvalue weighted by molar-refractivity contribution is 6.74. The van der Waals surface area contributed by atoms with Gasteiger partial charge in [0.2, 0.25) is 0 Å². The lowest BCUT2D eigenvalue weighted by atomic mass is 10.1. The molecule has 1 aromatic heterocycles. The maximum atomic E-state index is 12.7. The van der Waals surface area contributed by atoms with Gasteiger partial charge in [-0.2, -0.15) is 0 Å². The summed E-state index contributed by atoms with van der Waals surface area (Å²) in [6, 6.07) is 8.17. The van der Waals surface area contributed by atoms with Gasteiger partial charge in [-0.25, -0.2) is 4.79 Å². The standard InChI is InChI=1S/C27H44N2O3Si/c1-12-27(8,9)29-18-20(22-15-13-14-16-23(22)29)17-21(28-24(30)32-25(2,3)4)19-31-33(10,11)26(5,6)7/h12-16,18,21H,1,17,19H2,2-11H3,(H,28,30)/t21-/m0/s1. The van der Waals surface area contributed by atoms with Crippen molar-refractivity contribution in [2.24, 2.45) is 0 Å². The number of ether oxygens (including phenoxy) is 1. The molecular formula is C27H44N2O3Si. The van der Waals surface area contributed by atoms with Gasteiger partial charge in [-0.1, -0.05) is 45.0 Å². The monoisotopic (exact) mass is 472 g/mol. The normalized spacial score (nSPS) is 14.2. The quantitative estimate of drug-likeness (QED) is 0.332. The third-order valence-corrected chi connectivity index (χ3v) is 11.1. The molecule has 5 nitrogen and oxygen atoms in total. The van der Waals surface area contributed by atoms with Crippen molar-refractivity contribution in [2.75, 3.05) is 6.61 Å². The zero-order chi connectivity index (χ0) is 25.2. The van der Waals surface area contributed by atoms with Crippen molar-refractivity contribution in [3.8, 4) is 0 Å². The zero-order valence-corrected chi connectivity index (χ0v) is 23.3. The van der Waals surface area contributed by atoms with Crippen molar-refractivity contribution in [1.29, 1.82) is 0 Å². The highest BCUT2D eigenvalue weighted by atomic mass is 28.4. The second-order valence-corrected chi connectivity index (χ2v) is 16.8. The Morgan fingerprint density at radius 3 is 2.27 bits per heavy atom. The van der Waals surface area contributed by atoms with Crippen LogP contribution >= 0.6 is 0 Å². The lowest BCUT2D eigenvalue weighted by Crippen LogP contribution is -2.48. The SMILES string of the molecule is C=CC(C)(C)n1cc(C[C@@H](CO[Si](C)(C)C(C)(C)C)NC(=O)OC(C)(C)C)c2ccccc21. The second kappa shape index (κ2) is 9.67. The minimum absolute atomic E-state index is 0.0908. The van der Waals surface area contributed by atoms with E-state index in [9.17, 15) is 4.79 Å². The fourth-order valence-corrected chi connectivity index (χ4v) is 4.46. The van der Waals surface area contributed by atoms with Gasteiger partial charge in [0.05, 0.1) is 18.2 Å². The summed E-state index contributed by atoms with van der Waals surface area (Å²) in [5.41, 5.74) is 1.53. The van der Waals surface area contributed by atoms with Crippen LogP contribution in [0.5, 0.6) is 0 Å². The van der Waals surface area contributed by atoms with Gasteiger partial charge in [0.1, 0.15) is 5.60 Å². The van der Waals surface area contributed by atoms with Crippen molar-refractivity contribution in [2.45, 2.75) is 97.1 Å².